The van der Waals surface area contributed by atoms with Crippen molar-refractivity contribution in [1.29, 1.82) is 0 Å². The summed E-state index contributed by atoms with van der Waals surface area (Å²) in [5.74, 6) is 1.12. The summed E-state index contributed by atoms with van der Waals surface area (Å²) < 4.78 is 2.29. The second-order valence-corrected chi connectivity index (χ2v) is 5.60. The standard InChI is InChI=1S/C16H20N2/c1-13-4-6-15(7-5-13)16(8-3-9-16)12-18-11-10-17-14(18)2/h4-7,10-11H,3,8-9,12H2,1-2H3. The van der Waals surface area contributed by atoms with Crippen LogP contribution in [0, 0.1) is 13.8 Å². The van der Waals surface area contributed by atoms with E-state index in [2.05, 4.69) is 53.9 Å². The van der Waals surface area contributed by atoms with Crippen molar-refractivity contribution in [3.05, 3.63) is 53.6 Å². The second-order valence-electron chi connectivity index (χ2n) is 5.60. The molecular formula is C16H20N2. The van der Waals surface area contributed by atoms with Gasteiger partial charge in [0.15, 0.2) is 0 Å². The fourth-order valence-corrected chi connectivity index (χ4v) is 2.95. The first-order valence-electron chi connectivity index (χ1n) is 6.75. The fraction of sp³-hybridized carbons (Fsp3) is 0.438. The van der Waals surface area contributed by atoms with Crippen LogP contribution in [0.25, 0.3) is 0 Å². The maximum atomic E-state index is 4.33. The summed E-state index contributed by atoms with van der Waals surface area (Å²) in [5.41, 5.74) is 3.18. The van der Waals surface area contributed by atoms with E-state index in [9.17, 15) is 0 Å². The lowest BCUT2D eigenvalue weighted by Crippen LogP contribution is -2.38. The molecule has 0 radical (unpaired) electrons. The highest BCUT2D eigenvalue weighted by Gasteiger charge is 2.39. The second kappa shape index (κ2) is 4.27. The summed E-state index contributed by atoms with van der Waals surface area (Å²) in [7, 11) is 0. The van der Waals surface area contributed by atoms with Crippen molar-refractivity contribution in [2.75, 3.05) is 0 Å². The molecule has 1 aromatic carbocycles. The van der Waals surface area contributed by atoms with Crippen molar-refractivity contribution in [3.8, 4) is 0 Å². The highest BCUT2D eigenvalue weighted by atomic mass is 15.1. The van der Waals surface area contributed by atoms with Crippen LogP contribution in [0.1, 0.15) is 36.2 Å². The van der Waals surface area contributed by atoms with E-state index in [4.69, 9.17) is 0 Å². The molecular weight excluding hydrogens is 220 g/mol. The summed E-state index contributed by atoms with van der Waals surface area (Å²) in [4.78, 5) is 4.33. The first-order chi connectivity index (χ1) is 8.70. The number of nitrogens with zero attached hydrogens (tertiary/aromatic N) is 2. The third-order valence-electron chi connectivity index (χ3n) is 4.37. The number of aromatic nitrogens is 2. The van der Waals surface area contributed by atoms with Crippen LogP contribution in [0.15, 0.2) is 36.7 Å². The number of rotatable bonds is 3. The molecule has 2 aromatic rings. The van der Waals surface area contributed by atoms with Gasteiger partial charge in [0, 0.05) is 24.4 Å². The minimum Gasteiger partial charge on any atom is -0.334 e. The summed E-state index contributed by atoms with van der Waals surface area (Å²) in [6, 6.07) is 9.08. The molecule has 0 atom stereocenters. The molecule has 18 heavy (non-hydrogen) atoms. The Labute approximate surface area is 109 Å². The molecule has 0 spiro atoms. The average molecular weight is 240 g/mol. The highest BCUT2D eigenvalue weighted by molar-refractivity contribution is 5.30. The Hall–Kier alpha value is -1.57. The maximum absolute atomic E-state index is 4.33. The molecule has 94 valence electrons. The number of benzene rings is 1. The predicted molar refractivity (Wildman–Crippen MR) is 73.7 cm³/mol. The van der Waals surface area contributed by atoms with Crippen LogP contribution in [0.5, 0.6) is 0 Å². The molecule has 0 bridgehead atoms. The lowest BCUT2D eigenvalue weighted by atomic mass is 9.64. The fourth-order valence-electron chi connectivity index (χ4n) is 2.95. The smallest absolute Gasteiger partial charge is 0.105 e. The van der Waals surface area contributed by atoms with Crippen molar-refractivity contribution < 1.29 is 0 Å². The Kier molecular flexibility index (Phi) is 2.73. The molecule has 1 fully saturated rings. The molecule has 2 nitrogen and oxygen atoms in total. The molecule has 1 heterocycles. The Morgan fingerprint density at radius 3 is 2.39 bits per heavy atom. The molecule has 0 N–H and O–H groups in total. The van der Waals surface area contributed by atoms with E-state index < -0.39 is 0 Å². The zero-order valence-corrected chi connectivity index (χ0v) is 11.2. The number of hydrogen-bond donors (Lipinski definition) is 0. The van der Waals surface area contributed by atoms with Gasteiger partial charge in [-0.25, -0.2) is 4.98 Å². The average Bonchev–Trinajstić information content (AvgIpc) is 2.71. The van der Waals surface area contributed by atoms with Gasteiger partial charge in [0.25, 0.3) is 0 Å². The van der Waals surface area contributed by atoms with Gasteiger partial charge in [-0.1, -0.05) is 36.2 Å². The molecule has 1 saturated carbocycles. The molecule has 0 aliphatic heterocycles. The van der Waals surface area contributed by atoms with Crippen LogP contribution in [0.4, 0.5) is 0 Å². The van der Waals surface area contributed by atoms with Gasteiger partial charge in [0.1, 0.15) is 5.82 Å². The van der Waals surface area contributed by atoms with E-state index in [1.807, 2.05) is 6.20 Å². The Bertz CT molecular complexity index is 532. The van der Waals surface area contributed by atoms with E-state index in [1.165, 1.54) is 30.4 Å². The summed E-state index contributed by atoms with van der Waals surface area (Å²) in [6.07, 6.45) is 7.95. The van der Waals surface area contributed by atoms with Crippen LogP contribution in [0.2, 0.25) is 0 Å². The van der Waals surface area contributed by atoms with Gasteiger partial charge in [-0.15, -0.1) is 0 Å². The van der Waals surface area contributed by atoms with Crippen LogP contribution in [0.3, 0.4) is 0 Å². The van der Waals surface area contributed by atoms with Crippen LogP contribution in [-0.4, -0.2) is 9.55 Å². The Morgan fingerprint density at radius 1 is 1.17 bits per heavy atom. The van der Waals surface area contributed by atoms with Crippen molar-refractivity contribution in [3.63, 3.8) is 0 Å². The van der Waals surface area contributed by atoms with Crippen LogP contribution < -0.4 is 0 Å². The first kappa shape index (κ1) is 11.5. The maximum Gasteiger partial charge on any atom is 0.105 e. The van der Waals surface area contributed by atoms with Crippen molar-refractivity contribution >= 4 is 0 Å². The van der Waals surface area contributed by atoms with Gasteiger partial charge >= 0.3 is 0 Å². The molecule has 0 unspecified atom stereocenters. The first-order valence-corrected chi connectivity index (χ1v) is 6.75. The topological polar surface area (TPSA) is 17.8 Å². The predicted octanol–water partition coefficient (Wildman–Crippen LogP) is 3.62. The molecule has 1 aliphatic rings. The molecule has 2 heteroatoms. The van der Waals surface area contributed by atoms with Gasteiger partial charge in [-0.2, -0.15) is 0 Å². The summed E-state index contributed by atoms with van der Waals surface area (Å²) >= 11 is 0. The van der Waals surface area contributed by atoms with E-state index in [0.717, 1.165) is 12.4 Å². The van der Waals surface area contributed by atoms with E-state index in [-0.39, 0.29) is 0 Å². The number of hydrogen-bond acceptors (Lipinski definition) is 1. The van der Waals surface area contributed by atoms with Gasteiger partial charge in [0.05, 0.1) is 0 Å². The summed E-state index contributed by atoms with van der Waals surface area (Å²) in [5, 5.41) is 0. The van der Waals surface area contributed by atoms with E-state index >= 15 is 0 Å². The molecule has 0 saturated heterocycles. The molecule has 0 amide bonds. The molecule has 1 aromatic heterocycles. The quantitative estimate of drug-likeness (QED) is 0.801. The van der Waals surface area contributed by atoms with Crippen LogP contribution >= 0.6 is 0 Å². The lowest BCUT2D eigenvalue weighted by molar-refractivity contribution is 0.207. The third kappa shape index (κ3) is 1.86. The Balaban J connectivity index is 1.91. The van der Waals surface area contributed by atoms with Gasteiger partial charge in [0.2, 0.25) is 0 Å². The van der Waals surface area contributed by atoms with Gasteiger partial charge in [-0.3, -0.25) is 0 Å². The van der Waals surface area contributed by atoms with Crippen molar-refractivity contribution in [1.82, 2.24) is 9.55 Å². The molecule has 1 aliphatic carbocycles. The number of imidazole rings is 1. The zero-order valence-electron chi connectivity index (χ0n) is 11.2. The minimum atomic E-state index is 0.346. The van der Waals surface area contributed by atoms with Gasteiger partial charge < -0.3 is 4.57 Å². The van der Waals surface area contributed by atoms with E-state index in [0.29, 0.717) is 5.41 Å². The third-order valence-corrected chi connectivity index (χ3v) is 4.37. The van der Waals surface area contributed by atoms with Crippen molar-refractivity contribution in [2.45, 2.75) is 45.1 Å². The van der Waals surface area contributed by atoms with Crippen molar-refractivity contribution in [2.24, 2.45) is 0 Å². The largest absolute Gasteiger partial charge is 0.334 e. The summed E-state index contributed by atoms with van der Waals surface area (Å²) in [6.45, 7) is 5.31. The number of aryl methyl sites for hydroxylation is 2. The highest BCUT2D eigenvalue weighted by Crippen LogP contribution is 2.45. The SMILES string of the molecule is Cc1ccc(C2(Cn3ccnc3C)CCC2)cc1. The van der Waals surface area contributed by atoms with E-state index in [1.54, 1.807) is 0 Å². The normalized spacial score (nSPS) is 17.4. The lowest BCUT2D eigenvalue weighted by Gasteiger charge is -2.43. The monoisotopic (exact) mass is 240 g/mol. The minimum absolute atomic E-state index is 0.346. The van der Waals surface area contributed by atoms with Gasteiger partial charge in [-0.05, 0) is 32.3 Å². The zero-order chi connectivity index (χ0) is 12.6. The molecule has 3 rings (SSSR count). The Morgan fingerprint density at radius 2 is 1.89 bits per heavy atom. The van der Waals surface area contributed by atoms with Crippen LogP contribution in [-0.2, 0) is 12.0 Å².